The predicted octanol–water partition coefficient (Wildman–Crippen LogP) is 2.62. The lowest BCUT2D eigenvalue weighted by Gasteiger charge is -2.00. The molecule has 6 heteroatoms. The van der Waals surface area contributed by atoms with Crippen LogP contribution in [0.15, 0.2) is 18.2 Å². The first-order valence-electron chi connectivity index (χ1n) is 5.49. The molecule has 1 aromatic rings. The lowest BCUT2D eigenvalue weighted by molar-refractivity contribution is -0.385. The molecular weight excluding hydrogens is 266 g/mol. The second-order valence-corrected chi connectivity index (χ2v) is 4.81. The van der Waals surface area contributed by atoms with Crippen LogP contribution in [0.5, 0.6) is 5.75 Å². The van der Waals surface area contributed by atoms with Gasteiger partial charge >= 0.3 is 5.69 Å². The van der Waals surface area contributed by atoms with Gasteiger partial charge in [-0.25, -0.2) is 0 Å². The van der Waals surface area contributed by atoms with Crippen molar-refractivity contribution in [2.24, 2.45) is 0 Å². The van der Waals surface area contributed by atoms with Crippen LogP contribution in [0.2, 0.25) is 0 Å². The Hall–Kier alpha value is -2.00. The second kappa shape index (κ2) is 7.44. The number of nitro groups is 1. The maximum absolute atomic E-state index is 10.8. The van der Waals surface area contributed by atoms with Gasteiger partial charge in [-0.2, -0.15) is 0 Å². The zero-order valence-corrected chi connectivity index (χ0v) is 11.5. The van der Waals surface area contributed by atoms with Crippen molar-refractivity contribution >= 4 is 22.6 Å². The molecule has 0 atom stereocenters. The first-order chi connectivity index (χ1) is 9.04. The molecule has 0 spiro atoms. The molecule has 0 heterocycles. The van der Waals surface area contributed by atoms with E-state index in [2.05, 4.69) is 11.8 Å². The Kier molecular flexibility index (Phi) is 5.90. The highest BCUT2D eigenvalue weighted by atomic mass is 32.2. The number of carbonyl (C=O) groups is 1. The Bertz CT molecular complexity index is 545. The Morgan fingerprint density at radius 3 is 2.84 bits per heavy atom. The highest BCUT2D eigenvalue weighted by Gasteiger charge is 2.14. The molecule has 0 bridgehead atoms. The average Bonchev–Trinajstić information content (AvgIpc) is 2.37. The summed E-state index contributed by atoms with van der Waals surface area (Å²) in [6.07, 6.45) is 0.560. The molecule has 0 aliphatic heterocycles. The van der Waals surface area contributed by atoms with E-state index in [1.54, 1.807) is 6.07 Å². The summed E-state index contributed by atoms with van der Waals surface area (Å²) in [5, 5.41) is 10.9. The summed E-state index contributed by atoms with van der Waals surface area (Å²) in [6, 6.07) is 4.56. The van der Waals surface area contributed by atoms with Gasteiger partial charge in [-0.3, -0.25) is 14.9 Å². The molecule has 0 amide bonds. The number of nitrogens with zero attached hydrogens (tertiary/aromatic N) is 1. The summed E-state index contributed by atoms with van der Waals surface area (Å²) in [7, 11) is 1.38. The number of ether oxygens (including phenoxy) is 1. The maximum Gasteiger partial charge on any atom is 0.312 e. The summed E-state index contributed by atoms with van der Waals surface area (Å²) in [4.78, 5) is 21.0. The SMILES string of the molecule is COc1ccc(C#CCCSC(C)=O)cc1[N+](=O)[O-]. The first kappa shape index (κ1) is 15.1. The van der Waals surface area contributed by atoms with Gasteiger partial charge in [-0.1, -0.05) is 23.6 Å². The Morgan fingerprint density at radius 1 is 1.53 bits per heavy atom. The molecule has 0 fully saturated rings. The number of methoxy groups -OCH3 is 1. The minimum absolute atomic E-state index is 0.0573. The van der Waals surface area contributed by atoms with E-state index in [4.69, 9.17) is 4.74 Å². The highest BCUT2D eigenvalue weighted by Crippen LogP contribution is 2.27. The first-order valence-corrected chi connectivity index (χ1v) is 6.48. The third kappa shape index (κ3) is 5.02. The standard InChI is InChI=1S/C13H13NO4S/c1-10(15)19-8-4-3-5-11-6-7-13(18-2)12(9-11)14(16)17/h6-7,9H,4,8H2,1-2H3. The second-order valence-electron chi connectivity index (χ2n) is 3.54. The zero-order valence-electron chi connectivity index (χ0n) is 10.6. The van der Waals surface area contributed by atoms with Gasteiger partial charge in [0.2, 0.25) is 0 Å². The highest BCUT2D eigenvalue weighted by molar-refractivity contribution is 8.13. The fourth-order valence-corrected chi connectivity index (χ4v) is 1.81. The van der Waals surface area contributed by atoms with Crippen molar-refractivity contribution in [1.29, 1.82) is 0 Å². The van der Waals surface area contributed by atoms with Crippen LogP contribution in [0.1, 0.15) is 18.9 Å². The summed E-state index contributed by atoms with van der Waals surface area (Å²) < 4.78 is 4.90. The molecule has 0 unspecified atom stereocenters. The van der Waals surface area contributed by atoms with Gasteiger partial charge in [0.15, 0.2) is 10.9 Å². The number of benzene rings is 1. The molecule has 0 aromatic heterocycles. The van der Waals surface area contributed by atoms with Crippen LogP contribution in [0.4, 0.5) is 5.69 Å². The van der Waals surface area contributed by atoms with E-state index in [0.717, 1.165) is 0 Å². The fraction of sp³-hybridized carbons (Fsp3) is 0.308. The van der Waals surface area contributed by atoms with E-state index < -0.39 is 4.92 Å². The van der Waals surface area contributed by atoms with Gasteiger partial charge in [-0.05, 0) is 12.1 Å². The summed E-state index contributed by atoms with van der Waals surface area (Å²) >= 11 is 1.21. The van der Waals surface area contributed by atoms with Crippen LogP contribution >= 0.6 is 11.8 Å². The van der Waals surface area contributed by atoms with E-state index in [9.17, 15) is 14.9 Å². The van der Waals surface area contributed by atoms with Crippen molar-refractivity contribution in [3.05, 3.63) is 33.9 Å². The lowest BCUT2D eigenvalue weighted by atomic mass is 10.2. The van der Waals surface area contributed by atoms with E-state index in [1.807, 2.05) is 0 Å². The topological polar surface area (TPSA) is 69.4 Å². The third-order valence-electron chi connectivity index (χ3n) is 2.14. The van der Waals surface area contributed by atoms with Crippen LogP contribution in [-0.4, -0.2) is 22.9 Å². The van der Waals surface area contributed by atoms with Gasteiger partial charge in [0.1, 0.15) is 0 Å². The predicted molar refractivity (Wildman–Crippen MR) is 74.3 cm³/mol. The van der Waals surface area contributed by atoms with Crippen molar-refractivity contribution in [2.75, 3.05) is 12.9 Å². The smallest absolute Gasteiger partial charge is 0.312 e. The number of nitro benzene ring substituents is 1. The average molecular weight is 279 g/mol. The van der Waals surface area contributed by atoms with Gasteiger partial charge in [0.25, 0.3) is 0 Å². The normalized spacial score (nSPS) is 9.37. The molecule has 0 saturated carbocycles. The number of carbonyl (C=O) groups excluding carboxylic acids is 1. The largest absolute Gasteiger partial charge is 0.490 e. The molecule has 0 radical (unpaired) electrons. The minimum Gasteiger partial charge on any atom is -0.490 e. The summed E-state index contributed by atoms with van der Waals surface area (Å²) in [5.74, 6) is 6.54. The summed E-state index contributed by atoms with van der Waals surface area (Å²) in [5.41, 5.74) is 0.452. The molecule has 0 aliphatic carbocycles. The van der Waals surface area contributed by atoms with Gasteiger partial charge in [0, 0.05) is 30.7 Å². The monoisotopic (exact) mass is 279 g/mol. The number of hydrogen-bond acceptors (Lipinski definition) is 5. The molecule has 0 aliphatic rings. The van der Waals surface area contributed by atoms with Crippen molar-refractivity contribution in [2.45, 2.75) is 13.3 Å². The lowest BCUT2D eigenvalue weighted by Crippen LogP contribution is -1.94. The molecule has 5 nitrogen and oxygen atoms in total. The Labute approximate surface area is 115 Å². The van der Waals surface area contributed by atoms with Gasteiger partial charge in [-0.15, -0.1) is 0 Å². The molecular formula is C13H13NO4S. The third-order valence-corrected chi connectivity index (χ3v) is 2.96. The van der Waals surface area contributed by atoms with Crippen molar-refractivity contribution in [1.82, 2.24) is 0 Å². The van der Waals surface area contributed by atoms with E-state index in [0.29, 0.717) is 17.7 Å². The van der Waals surface area contributed by atoms with Crippen LogP contribution < -0.4 is 4.74 Å². The number of rotatable bonds is 4. The van der Waals surface area contributed by atoms with Crippen LogP contribution in [0.25, 0.3) is 0 Å². The van der Waals surface area contributed by atoms with Gasteiger partial charge in [0.05, 0.1) is 12.0 Å². The fourth-order valence-electron chi connectivity index (χ4n) is 1.32. The van der Waals surface area contributed by atoms with Crippen molar-refractivity contribution < 1.29 is 14.5 Å². The molecule has 1 aromatic carbocycles. The zero-order chi connectivity index (χ0) is 14.3. The van der Waals surface area contributed by atoms with Crippen LogP contribution in [0.3, 0.4) is 0 Å². The van der Waals surface area contributed by atoms with E-state index >= 15 is 0 Å². The molecule has 1 rings (SSSR count). The molecule has 0 saturated heterocycles. The molecule has 19 heavy (non-hydrogen) atoms. The van der Waals surface area contributed by atoms with Crippen molar-refractivity contribution in [3.8, 4) is 17.6 Å². The Balaban J connectivity index is 2.74. The Morgan fingerprint density at radius 2 is 2.26 bits per heavy atom. The number of thioether (sulfide) groups is 1. The van der Waals surface area contributed by atoms with Crippen molar-refractivity contribution in [3.63, 3.8) is 0 Å². The van der Waals surface area contributed by atoms with E-state index in [-0.39, 0.29) is 16.6 Å². The van der Waals surface area contributed by atoms with Gasteiger partial charge < -0.3 is 4.74 Å². The van der Waals surface area contributed by atoms with E-state index in [1.165, 1.54) is 37.9 Å². The molecule has 0 N–H and O–H groups in total. The summed E-state index contributed by atoms with van der Waals surface area (Å²) in [6.45, 7) is 1.50. The maximum atomic E-state index is 10.8. The van der Waals surface area contributed by atoms with Crippen LogP contribution in [-0.2, 0) is 4.79 Å². The molecule has 100 valence electrons. The quantitative estimate of drug-likeness (QED) is 0.367. The van der Waals surface area contributed by atoms with Crippen LogP contribution in [0, 0.1) is 22.0 Å². The minimum atomic E-state index is -0.504. The number of hydrogen-bond donors (Lipinski definition) is 0.